The Labute approximate surface area is 146 Å². The van der Waals surface area contributed by atoms with E-state index in [9.17, 15) is 9.18 Å². The first-order chi connectivity index (χ1) is 12.0. The minimum absolute atomic E-state index is 0.241. The van der Waals surface area contributed by atoms with Crippen molar-refractivity contribution in [1.29, 1.82) is 0 Å². The Kier molecular flexibility index (Phi) is 6.56. The van der Waals surface area contributed by atoms with E-state index in [2.05, 4.69) is 15.6 Å². The predicted molar refractivity (Wildman–Crippen MR) is 93.1 cm³/mol. The minimum Gasteiger partial charge on any atom is -0.465 e. The average Bonchev–Trinajstić information content (AvgIpc) is 2.98. The van der Waals surface area contributed by atoms with Crippen LogP contribution in [-0.2, 0) is 17.7 Å². The van der Waals surface area contributed by atoms with Gasteiger partial charge < -0.3 is 19.8 Å². The van der Waals surface area contributed by atoms with Gasteiger partial charge in [-0.05, 0) is 37.1 Å². The van der Waals surface area contributed by atoms with Crippen molar-refractivity contribution in [2.75, 3.05) is 20.7 Å². The van der Waals surface area contributed by atoms with Crippen molar-refractivity contribution in [1.82, 2.24) is 10.6 Å². The first-order valence-corrected chi connectivity index (χ1v) is 7.90. The van der Waals surface area contributed by atoms with Crippen molar-refractivity contribution in [3.63, 3.8) is 0 Å². The third-order valence-electron chi connectivity index (χ3n) is 3.62. The summed E-state index contributed by atoms with van der Waals surface area (Å²) in [5, 5.41) is 6.25. The van der Waals surface area contributed by atoms with Crippen molar-refractivity contribution in [2.24, 2.45) is 4.99 Å². The fourth-order valence-electron chi connectivity index (χ4n) is 2.35. The Balaban J connectivity index is 1.83. The monoisotopic (exact) mass is 347 g/mol. The molecule has 0 amide bonds. The second kappa shape index (κ2) is 8.86. The van der Waals surface area contributed by atoms with Gasteiger partial charge in [-0.1, -0.05) is 12.1 Å². The van der Waals surface area contributed by atoms with Crippen LogP contribution in [0.2, 0.25) is 0 Å². The van der Waals surface area contributed by atoms with Crippen LogP contribution in [0.25, 0.3) is 0 Å². The van der Waals surface area contributed by atoms with Crippen LogP contribution in [0.5, 0.6) is 0 Å². The lowest BCUT2D eigenvalue weighted by atomic mass is 10.1. The molecule has 0 aliphatic heterocycles. The number of esters is 1. The van der Waals surface area contributed by atoms with E-state index in [1.807, 2.05) is 6.07 Å². The van der Waals surface area contributed by atoms with Crippen LogP contribution in [0.4, 0.5) is 4.39 Å². The minimum atomic E-state index is -0.426. The molecule has 2 aromatic rings. The van der Waals surface area contributed by atoms with Crippen LogP contribution in [-0.4, -0.2) is 32.6 Å². The Morgan fingerprint density at radius 2 is 2.12 bits per heavy atom. The number of aryl methyl sites for hydroxylation is 1. The molecule has 2 N–H and O–H groups in total. The molecule has 134 valence electrons. The number of nitrogens with one attached hydrogen (secondary N) is 2. The summed E-state index contributed by atoms with van der Waals surface area (Å²) >= 11 is 0. The molecule has 1 aromatic heterocycles. The summed E-state index contributed by atoms with van der Waals surface area (Å²) < 4.78 is 23.4. The second-order valence-corrected chi connectivity index (χ2v) is 5.41. The number of guanidine groups is 1. The number of hydrogen-bond donors (Lipinski definition) is 2. The topological polar surface area (TPSA) is 75.9 Å². The Hall–Kier alpha value is -2.83. The van der Waals surface area contributed by atoms with Gasteiger partial charge in [0.2, 0.25) is 0 Å². The van der Waals surface area contributed by atoms with Gasteiger partial charge in [0, 0.05) is 13.6 Å². The van der Waals surface area contributed by atoms with Gasteiger partial charge >= 0.3 is 5.97 Å². The highest BCUT2D eigenvalue weighted by molar-refractivity contribution is 5.90. The molecule has 0 aliphatic rings. The summed E-state index contributed by atoms with van der Waals surface area (Å²) in [6, 6.07) is 8.15. The molecular formula is C18H22FN3O3. The first-order valence-electron chi connectivity index (χ1n) is 7.90. The number of hydrogen-bond acceptors (Lipinski definition) is 4. The van der Waals surface area contributed by atoms with Gasteiger partial charge in [-0.3, -0.25) is 4.99 Å². The van der Waals surface area contributed by atoms with E-state index < -0.39 is 5.97 Å². The summed E-state index contributed by atoms with van der Waals surface area (Å²) in [7, 11) is 2.99. The van der Waals surface area contributed by atoms with E-state index in [1.54, 1.807) is 26.1 Å². The van der Waals surface area contributed by atoms with Crippen LogP contribution in [0.3, 0.4) is 0 Å². The summed E-state index contributed by atoms with van der Waals surface area (Å²) in [6.07, 6.45) is 0.671. The molecule has 0 atom stereocenters. The second-order valence-electron chi connectivity index (χ2n) is 5.41. The zero-order chi connectivity index (χ0) is 18.2. The normalized spacial score (nSPS) is 11.3. The van der Waals surface area contributed by atoms with Gasteiger partial charge in [-0.2, -0.15) is 0 Å². The van der Waals surface area contributed by atoms with Crippen LogP contribution < -0.4 is 10.6 Å². The van der Waals surface area contributed by atoms with Crippen molar-refractivity contribution < 1.29 is 18.3 Å². The molecule has 0 spiro atoms. The molecule has 0 saturated carbocycles. The maximum atomic E-state index is 13.1. The Bertz CT molecular complexity index is 756. The smallest absolute Gasteiger partial charge is 0.341 e. The van der Waals surface area contributed by atoms with E-state index in [1.165, 1.54) is 19.2 Å². The molecule has 0 unspecified atom stereocenters. The standard InChI is InChI=1S/C18H22FN3O3/c1-12-16(17(23)24-3)10-15(25-12)11-22-18(20-2)21-8-7-13-5-4-6-14(19)9-13/h4-6,9-10H,7-8,11H2,1-3H3,(H2,20,21,22). The summed E-state index contributed by atoms with van der Waals surface area (Å²) in [6.45, 7) is 2.69. The lowest BCUT2D eigenvalue weighted by Crippen LogP contribution is -2.37. The van der Waals surface area contributed by atoms with E-state index in [-0.39, 0.29) is 5.82 Å². The van der Waals surface area contributed by atoms with Crippen molar-refractivity contribution in [3.05, 3.63) is 58.8 Å². The molecule has 0 bridgehead atoms. The number of methoxy groups -OCH3 is 1. The number of benzene rings is 1. The zero-order valence-electron chi connectivity index (χ0n) is 14.6. The third kappa shape index (κ3) is 5.34. The number of carbonyl (C=O) groups excluding carboxylic acids is 1. The lowest BCUT2D eigenvalue weighted by molar-refractivity contribution is 0.0599. The fraction of sp³-hybridized carbons (Fsp3) is 0.333. The summed E-state index contributed by atoms with van der Waals surface area (Å²) in [4.78, 5) is 15.7. The third-order valence-corrected chi connectivity index (χ3v) is 3.62. The zero-order valence-corrected chi connectivity index (χ0v) is 14.6. The largest absolute Gasteiger partial charge is 0.465 e. The molecular weight excluding hydrogens is 325 g/mol. The highest BCUT2D eigenvalue weighted by Crippen LogP contribution is 2.15. The SMILES string of the molecule is CN=C(NCCc1cccc(F)c1)NCc1cc(C(=O)OC)c(C)o1. The number of ether oxygens (including phenoxy) is 1. The molecule has 6 nitrogen and oxygen atoms in total. The van der Waals surface area contributed by atoms with E-state index in [0.29, 0.717) is 42.6 Å². The van der Waals surface area contributed by atoms with Crippen LogP contribution in [0.1, 0.15) is 27.4 Å². The fourth-order valence-corrected chi connectivity index (χ4v) is 2.35. The number of rotatable bonds is 6. The first kappa shape index (κ1) is 18.5. The number of aliphatic imine (C=N–C) groups is 1. The Morgan fingerprint density at radius 3 is 2.80 bits per heavy atom. The number of carbonyl (C=O) groups is 1. The summed E-state index contributed by atoms with van der Waals surface area (Å²) in [5.41, 5.74) is 1.32. The van der Waals surface area contributed by atoms with Gasteiger partial charge in [0.25, 0.3) is 0 Å². The van der Waals surface area contributed by atoms with Gasteiger partial charge in [0.1, 0.15) is 22.9 Å². The average molecular weight is 347 g/mol. The van der Waals surface area contributed by atoms with Crippen molar-refractivity contribution in [3.8, 4) is 0 Å². The van der Waals surface area contributed by atoms with Gasteiger partial charge in [-0.25, -0.2) is 9.18 Å². The molecule has 0 fully saturated rings. The molecule has 1 aromatic carbocycles. The van der Waals surface area contributed by atoms with E-state index in [0.717, 1.165) is 5.56 Å². The maximum absolute atomic E-state index is 13.1. The number of halogens is 1. The Morgan fingerprint density at radius 1 is 1.32 bits per heavy atom. The van der Waals surface area contributed by atoms with Crippen molar-refractivity contribution >= 4 is 11.9 Å². The van der Waals surface area contributed by atoms with Crippen LogP contribution in [0, 0.1) is 12.7 Å². The molecule has 0 aliphatic carbocycles. The van der Waals surface area contributed by atoms with E-state index >= 15 is 0 Å². The molecule has 0 saturated heterocycles. The molecule has 2 rings (SSSR count). The summed E-state index contributed by atoms with van der Waals surface area (Å²) in [5.74, 6) is 1.04. The quantitative estimate of drug-likeness (QED) is 0.477. The maximum Gasteiger partial charge on any atom is 0.341 e. The van der Waals surface area contributed by atoms with Gasteiger partial charge in [-0.15, -0.1) is 0 Å². The van der Waals surface area contributed by atoms with Crippen molar-refractivity contribution in [2.45, 2.75) is 19.9 Å². The highest BCUT2D eigenvalue weighted by Gasteiger charge is 2.15. The number of furan rings is 1. The molecule has 25 heavy (non-hydrogen) atoms. The molecule has 7 heteroatoms. The van der Waals surface area contributed by atoms with E-state index in [4.69, 9.17) is 9.15 Å². The number of nitrogens with zero attached hydrogens (tertiary/aromatic N) is 1. The predicted octanol–water partition coefficient (Wildman–Crippen LogP) is 2.42. The lowest BCUT2D eigenvalue weighted by Gasteiger charge is -2.11. The van der Waals surface area contributed by atoms with Gasteiger partial charge in [0.15, 0.2) is 5.96 Å². The molecule has 1 heterocycles. The van der Waals surface area contributed by atoms with Crippen LogP contribution >= 0.6 is 0 Å². The molecule has 0 radical (unpaired) electrons. The highest BCUT2D eigenvalue weighted by atomic mass is 19.1. The van der Waals surface area contributed by atoms with Crippen LogP contribution in [0.15, 0.2) is 39.7 Å². The van der Waals surface area contributed by atoms with Gasteiger partial charge in [0.05, 0.1) is 13.7 Å².